The van der Waals surface area contributed by atoms with Gasteiger partial charge in [0, 0.05) is 18.7 Å². The van der Waals surface area contributed by atoms with Crippen LogP contribution in [0.4, 0.5) is 0 Å². The third-order valence-electron chi connectivity index (χ3n) is 7.52. The largest absolute Gasteiger partial charge is 0.493 e. The predicted octanol–water partition coefficient (Wildman–Crippen LogP) is 4.54. The van der Waals surface area contributed by atoms with Gasteiger partial charge in [0.25, 0.3) is 5.56 Å². The van der Waals surface area contributed by atoms with Crippen molar-refractivity contribution in [2.75, 3.05) is 20.8 Å². The summed E-state index contributed by atoms with van der Waals surface area (Å²) in [5.41, 5.74) is 4.67. The van der Waals surface area contributed by atoms with Gasteiger partial charge in [0.2, 0.25) is 0 Å². The van der Waals surface area contributed by atoms with E-state index in [1.54, 1.807) is 14.2 Å². The van der Waals surface area contributed by atoms with Crippen LogP contribution in [0.1, 0.15) is 55.3 Å². The molecule has 0 saturated carbocycles. The molecule has 4 aromatic rings. The number of pyridine rings is 1. The van der Waals surface area contributed by atoms with E-state index in [4.69, 9.17) is 9.47 Å². The second-order valence-electron chi connectivity index (χ2n) is 10.4. The van der Waals surface area contributed by atoms with Gasteiger partial charge in [-0.3, -0.25) is 9.69 Å². The Morgan fingerprint density at radius 1 is 1.03 bits per heavy atom. The molecule has 2 aromatic carbocycles. The lowest BCUT2D eigenvalue weighted by Gasteiger charge is -2.27. The number of ether oxygens (including phenoxy) is 2. The number of H-pyrrole nitrogens is 1. The average Bonchev–Trinajstić information content (AvgIpc) is 3.39. The maximum atomic E-state index is 13.2. The Morgan fingerprint density at radius 3 is 2.50 bits per heavy atom. The van der Waals surface area contributed by atoms with Gasteiger partial charge in [-0.2, -0.15) is 0 Å². The van der Waals surface area contributed by atoms with Crippen molar-refractivity contribution in [1.29, 1.82) is 0 Å². The molecule has 9 heteroatoms. The third-order valence-corrected chi connectivity index (χ3v) is 7.52. The first kappa shape index (κ1) is 27.3. The number of methoxy groups -OCH3 is 2. The summed E-state index contributed by atoms with van der Waals surface area (Å²) in [4.78, 5) is 18.5. The van der Waals surface area contributed by atoms with Gasteiger partial charge in [-0.05, 0) is 91.2 Å². The van der Waals surface area contributed by atoms with Gasteiger partial charge in [-0.25, -0.2) is 4.68 Å². The van der Waals surface area contributed by atoms with Crippen LogP contribution in [0.5, 0.6) is 11.5 Å². The molecule has 0 saturated heterocycles. The van der Waals surface area contributed by atoms with Crippen molar-refractivity contribution in [3.05, 3.63) is 74.8 Å². The minimum Gasteiger partial charge on any atom is -0.493 e. The van der Waals surface area contributed by atoms with Crippen molar-refractivity contribution in [3.63, 3.8) is 0 Å². The van der Waals surface area contributed by atoms with E-state index >= 15 is 0 Å². The van der Waals surface area contributed by atoms with Gasteiger partial charge >= 0.3 is 0 Å². The van der Waals surface area contributed by atoms with Gasteiger partial charge in [0.15, 0.2) is 17.3 Å². The summed E-state index contributed by atoms with van der Waals surface area (Å²) in [7, 11) is 3.27. The lowest BCUT2D eigenvalue weighted by Crippen LogP contribution is -2.33. The molecule has 2 aromatic heterocycles. The van der Waals surface area contributed by atoms with E-state index in [1.165, 1.54) is 0 Å². The molecule has 2 heterocycles. The Hall–Kier alpha value is -3.72. The maximum Gasteiger partial charge on any atom is 0.252 e. The monoisotopic (exact) mass is 518 g/mol. The first-order chi connectivity index (χ1) is 18.2. The second kappa shape index (κ2) is 11.3. The molecular formula is C29H38N6O3. The van der Waals surface area contributed by atoms with Crippen LogP contribution in [0, 0.1) is 13.8 Å². The maximum absolute atomic E-state index is 13.2. The number of aryl methyl sites for hydroxylation is 2. The molecule has 0 atom stereocenters. The van der Waals surface area contributed by atoms with Crippen LogP contribution >= 0.6 is 0 Å². The lowest BCUT2D eigenvalue weighted by atomic mass is 10.0. The average molecular weight is 519 g/mol. The van der Waals surface area contributed by atoms with Crippen molar-refractivity contribution in [3.8, 4) is 11.5 Å². The fourth-order valence-corrected chi connectivity index (χ4v) is 4.59. The van der Waals surface area contributed by atoms with Gasteiger partial charge in [0.05, 0.1) is 31.8 Å². The molecular weight excluding hydrogens is 480 g/mol. The number of nitrogens with one attached hydrogen (secondary N) is 1. The highest BCUT2D eigenvalue weighted by molar-refractivity contribution is 5.83. The number of nitrogens with zero attached hydrogens (tertiary/aromatic N) is 5. The summed E-state index contributed by atoms with van der Waals surface area (Å²) in [6.07, 6.45) is 1.64. The van der Waals surface area contributed by atoms with E-state index < -0.39 is 0 Å². The van der Waals surface area contributed by atoms with E-state index in [0.29, 0.717) is 36.7 Å². The molecule has 0 radical (unpaired) electrons. The summed E-state index contributed by atoms with van der Waals surface area (Å²) in [5.74, 6) is 2.16. The zero-order chi connectivity index (χ0) is 27.4. The van der Waals surface area contributed by atoms with Gasteiger partial charge in [-0.1, -0.05) is 25.1 Å². The lowest BCUT2D eigenvalue weighted by molar-refractivity contribution is 0.225. The Morgan fingerprint density at radius 2 is 1.79 bits per heavy atom. The molecule has 0 aliphatic heterocycles. The fourth-order valence-electron chi connectivity index (χ4n) is 4.59. The number of fused-ring (bicyclic) bond motifs is 1. The third kappa shape index (κ3) is 5.72. The molecule has 0 aliphatic carbocycles. The van der Waals surface area contributed by atoms with Crippen LogP contribution in [0.2, 0.25) is 0 Å². The summed E-state index contributed by atoms with van der Waals surface area (Å²) in [6, 6.07) is 12.1. The van der Waals surface area contributed by atoms with Crippen LogP contribution < -0.4 is 15.0 Å². The molecule has 4 rings (SSSR count). The van der Waals surface area contributed by atoms with E-state index in [2.05, 4.69) is 65.2 Å². The molecule has 0 unspecified atom stereocenters. The molecule has 0 spiro atoms. The number of benzene rings is 2. The normalized spacial score (nSPS) is 11.9. The first-order valence-electron chi connectivity index (χ1n) is 13.0. The Kier molecular flexibility index (Phi) is 8.16. The molecule has 38 heavy (non-hydrogen) atoms. The zero-order valence-electron chi connectivity index (χ0n) is 23.5. The molecule has 0 amide bonds. The van der Waals surface area contributed by atoms with Crippen molar-refractivity contribution in [2.45, 2.75) is 66.1 Å². The van der Waals surface area contributed by atoms with Crippen LogP contribution in [0.25, 0.3) is 10.9 Å². The van der Waals surface area contributed by atoms with Crippen LogP contribution in [0.3, 0.4) is 0 Å². The number of aromatic amines is 1. The van der Waals surface area contributed by atoms with E-state index in [9.17, 15) is 4.79 Å². The Bertz CT molecular complexity index is 1470. The quantitative estimate of drug-likeness (QED) is 0.311. The summed E-state index contributed by atoms with van der Waals surface area (Å²) in [5, 5.41) is 13.6. The highest BCUT2D eigenvalue weighted by Crippen LogP contribution is 2.28. The van der Waals surface area contributed by atoms with Gasteiger partial charge < -0.3 is 14.5 Å². The smallest absolute Gasteiger partial charge is 0.252 e. The second-order valence-corrected chi connectivity index (χ2v) is 10.4. The SMILES string of the molecule is CCC(C)(C)n1nnnc1CN(CCc1ccc(OC)c(OC)c1)Cc1cc2ccc(C)c(C)c2[nH]c1=O. The number of rotatable bonds is 11. The molecule has 9 nitrogen and oxygen atoms in total. The molecule has 0 bridgehead atoms. The molecule has 0 aliphatic rings. The van der Waals surface area contributed by atoms with Crippen molar-refractivity contribution >= 4 is 10.9 Å². The van der Waals surface area contributed by atoms with Crippen molar-refractivity contribution in [1.82, 2.24) is 30.1 Å². The Balaban J connectivity index is 1.65. The summed E-state index contributed by atoms with van der Waals surface area (Å²) in [6.45, 7) is 12.1. The minimum atomic E-state index is -0.219. The van der Waals surface area contributed by atoms with E-state index in [1.807, 2.05) is 35.9 Å². The van der Waals surface area contributed by atoms with Crippen LogP contribution in [-0.4, -0.2) is 50.9 Å². The van der Waals surface area contributed by atoms with Crippen molar-refractivity contribution < 1.29 is 9.47 Å². The fraction of sp³-hybridized carbons (Fsp3) is 0.448. The minimum absolute atomic E-state index is 0.0733. The number of hydrogen-bond acceptors (Lipinski definition) is 7. The Labute approximate surface area is 223 Å². The first-order valence-corrected chi connectivity index (χ1v) is 13.0. The zero-order valence-corrected chi connectivity index (χ0v) is 23.5. The number of hydrogen-bond donors (Lipinski definition) is 1. The molecule has 202 valence electrons. The summed E-state index contributed by atoms with van der Waals surface area (Å²) >= 11 is 0. The van der Waals surface area contributed by atoms with E-state index in [0.717, 1.165) is 46.3 Å². The van der Waals surface area contributed by atoms with Gasteiger partial charge in [-0.15, -0.1) is 5.10 Å². The number of aromatic nitrogens is 5. The van der Waals surface area contributed by atoms with Gasteiger partial charge in [0.1, 0.15) is 0 Å². The van der Waals surface area contributed by atoms with Crippen LogP contribution in [-0.2, 0) is 25.0 Å². The highest BCUT2D eigenvalue weighted by Gasteiger charge is 2.25. The highest BCUT2D eigenvalue weighted by atomic mass is 16.5. The summed E-state index contributed by atoms with van der Waals surface area (Å²) < 4.78 is 12.8. The van der Waals surface area contributed by atoms with Crippen molar-refractivity contribution in [2.24, 2.45) is 0 Å². The molecule has 1 N–H and O–H groups in total. The topological polar surface area (TPSA) is 98.2 Å². The van der Waals surface area contributed by atoms with Crippen LogP contribution in [0.15, 0.2) is 41.2 Å². The standard InChI is InChI=1S/C29H38N6O3/c1-8-29(4,5)35-26(31-32-33-35)18-34(14-13-21-10-12-24(37-6)25(15-21)38-7)17-23-16-22-11-9-19(2)20(3)27(22)30-28(23)36/h9-12,15-16H,8,13-14,17-18H2,1-7H3,(H,30,36). The number of tetrazole rings is 1. The van der Waals surface area contributed by atoms with E-state index in [-0.39, 0.29) is 11.1 Å². The predicted molar refractivity (Wildman–Crippen MR) is 149 cm³/mol. The molecule has 0 fully saturated rings.